The summed E-state index contributed by atoms with van der Waals surface area (Å²) >= 11 is 0. The Labute approximate surface area is 169 Å². The third kappa shape index (κ3) is 4.39. The molecule has 6 heteroatoms. The lowest BCUT2D eigenvalue weighted by Crippen LogP contribution is -2.43. The number of hydrogen-bond acceptors (Lipinski definition) is 5. The van der Waals surface area contributed by atoms with Crippen LogP contribution in [0.1, 0.15) is 27.7 Å². The van der Waals surface area contributed by atoms with E-state index in [0.29, 0.717) is 30.7 Å². The predicted octanol–water partition coefficient (Wildman–Crippen LogP) is 2.90. The third-order valence-corrected chi connectivity index (χ3v) is 5.26. The number of rotatable bonds is 5. The number of nitrogens with one attached hydrogen (secondary N) is 1. The van der Waals surface area contributed by atoms with Crippen molar-refractivity contribution in [3.63, 3.8) is 0 Å². The van der Waals surface area contributed by atoms with Gasteiger partial charge in [0.1, 0.15) is 5.58 Å². The summed E-state index contributed by atoms with van der Waals surface area (Å²) in [6, 6.07) is 16.6. The van der Waals surface area contributed by atoms with E-state index in [0.717, 1.165) is 18.7 Å². The van der Waals surface area contributed by atoms with Gasteiger partial charge < -0.3 is 14.5 Å². The molecule has 4 rings (SSSR count). The highest BCUT2D eigenvalue weighted by Gasteiger charge is 2.24. The number of amides is 1. The van der Waals surface area contributed by atoms with Crippen molar-refractivity contribution in [3.05, 3.63) is 81.7 Å². The van der Waals surface area contributed by atoms with Crippen molar-refractivity contribution in [1.29, 1.82) is 0 Å². The van der Waals surface area contributed by atoms with Crippen molar-refractivity contribution in [2.75, 3.05) is 32.8 Å². The van der Waals surface area contributed by atoms with Crippen LogP contribution in [-0.4, -0.2) is 43.7 Å². The number of carbonyl (C=O) groups excluding carboxylic acids is 1. The Balaban J connectivity index is 1.54. The fourth-order valence-corrected chi connectivity index (χ4v) is 3.63. The van der Waals surface area contributed by atoms with Gasteiger partial charge in [-0.25, -0.2) is 0 Å². The van der Waals surface area contributed by atoms with Crippen LogP contribution in [0.3, 0.4) is 0 Å². The fourth-order valence-electron chi connectivity index (χ4n) is 3.63. The van der Waals surface area contributed by atoms with Crippen LogP contribution in [0, 0.1) is 6.92 Å². The largest absolute Gasteiger partial charge is 0.451 e. The molecule has 0 radical (unpaired) electrons. The molecule has 6 nitrogen and oxygen atoms in total. The first kappa shape index (κ1) is 19.4. The molecular weight excluding hydrogens is 368 g/mol. The van der Waals surface area contributed by atoms with E-state index in [1.807, 2.05) is 0 Å². The van der Waals surface area contributed by atoms with Gasteiger partial charge in [-0.1, -0.05) is 42.0 Å². The Bertz CT molecular complexity index is 1050. The molecule has 2 heterocycles. The number of aryl methyl sites for hydroxylation is 1. The maximum atomic E-state index is 12.7. The topological polar surface area (TPSA) is 71.8 Å². The Kier molecular flexibility index (Phi) is 5.74. The maximum Gasteiger partial charge on any atom is 0.287 e. The zero-order chi connectivity index (χ0) is 20.2. The number of morpholine rings is 1. The molecule has 3 aromatic rings. The lowest BCUT2D eigenvalue weighted by Gasteiger charge is -2.35. The van der Waals surface area contributed by atoms with Gasteiger partial charge in [-0.2, -0.15) is 0 Å². The van der Waals surface area contributed by atoms with E-state index < -0.39 is 5.91 Å². The zero-order valence-electron chi connectivity index (χ0n) is 16.4. The van der Waals surface area contributed by atoms with Crippen molar-refractivity contribution in [2.45, 2.75) is 13.0 Å². The summed E-state index contributed by atoms with van der Waals surface area (Å²) in [7, 11) is 0. The lowest BCUT2D eigenvalue weighted by atomic mass is 10.0. The van der Waals surface area contributed by atoms with Crippen LogP contribution < -0.4 is 10.7 Å². The molecule has 0 unspecified atom stereocenters. The van der Waals surface area contributed by atoms with Crippen molar-refractivity contribution in [1.82, 2.24) is 10.2 Å². The number of ether oxygens (including phenoxy) is 1. The standard InChI is InChI=1S/C23H24N2O4/c1-16-6-8-17(9-7-16)19(25-10-12-28-13-11-25)15-24-23(27)22-14-20(26)18-4-2-3-5-21(18)29-22/h2-9,14,19H,10-13,15H2,1H3,(H,24,27)/t19-/m0/s1. The first-order valence-corrected chi connectivity index (χ1v) is 9.81. The molecule has 29 heavy (non-hydrogen) atoms. The van der Waals surface area contributed by atoms with Gasteiger partial charge in [0.2, 0.25) is 0 Å². The van der Waals surface area contributed by atoms with Crippen molar-refractivity contribution in [3.8, 4) is 0 Å². The molecule has 0 saturated carbocycles. The minimum absolute atomic E-state index is 0.0237. The van der Waals surface area contributed by atoms with Gasteiger partial charge in [0.25, 0.3) is 5.91 Å². The fraction of sp³-hybridized carbons (Fsp3) is 0.304. The highest BCUT2D eigenvalue weighted by atomic mass is 16.5. The Morgan fingerprint density at radius 2 is 1.83 bits per heavy atom. The molecule has 1 atom stereocenters. The molecule has 1 saturated heterocycles. The van der Waals surface area contributed by atoms with Gasteiger partial charge in [-0.05, 0) is 24.6 Å². The predicted molar refractivity (Wildman–Crippen MR) is 111 cm³/mol. The van der Waals surface area contributed by atoms with Crippen LogP contribution in [0.25, 0.3) is 11.0 Å². The van der Waals surface area contributed by atoms with E-state index in [1.165, 1.54) is 11.6 Å². The molecule has 1 aliphatic heterocycles. The average Bonchev–Trinajstić information content (AvgIpc) is 2.75. The third-order valence-electron chi connectivity index (χ3n) is 5.26. The van der Waals surface area contributed by atoms with Crippen molar-refractivity contribution < 1.29 is 13.9 Å². The van der Waals surface area contributed by atoms with Gasteiger partial charge in [-0.15, -0.1) is 0 Å². The Morgan fingerprint density at radius 3 is 2.59 bits per heavy atom. The quantitative estimate of drug-likeness (QED) is 0.723. The van der Waals surface area contributed by atoms with Gasteiger partial charge in [0, 0.05) is 25.7 Å². The molecule has 0 aliphatic carbocycles. The number of para-hydroxylation sites is 1. The number of nitrogens with zero attached hydrogens (tertiary/aromatic N) is 1. The molecule has 1 aromatic heterocycles. The summed E-state index contributed by atoms with van der Waals surface area (Å²) in [6.45, 7) is 5.43. The molecule has 0 spiro atoms. The molecular formula is C23H24N2O4. The number of fused-ring (bicyclic) bond motifs is 1. The van der Waals surface area contributed by atoms with Crippen LogP contribution in [0.2, 0.25) is 0 Å². The molecule has 2 aromatic carbocycles. The second-order valence-corrected chi connectivity index (χ2v) is 7.26. The van der Waals surface area contributed by atoms with E-state index in [4.69, 9.17) is 9.15 Å². The summed E-state index contributed by atoms with van der Waals surface area (Å²) in [4.78, 5) is 27.3. The number of carbonyl (C=O) groups is 1. The summed E-state index contributed by atoms with van der Waals surface area (Å²) in [5.41, 5.74) is 2.52. The summed E-state index contributed by atoms with van der Waals surface area (Å²) in [6.07, 6.45) is 0. The number of hydrogen-bond donors (Lipinski definition) is 1. The molecule has 1 fully saturated rings. The highest BCUT2D eigenvalue weighted by Crippen LogP contribution is 2.22. The van der Waals surface area contributed by atoms with Gasteiger partial charge >= 0.3 is 0 Å². The molecule has 1 aliphatic rings. The Hall–Kier alpha value is -2.96. The SMILES string of the molecule is Cc1ccc([C@H](CNC(=O)c2cc(=O)c3ccccc3o2)N2CCOCC2)cc1. The maximum absolute atomic E-state index is 12.7. The van der Waals surface area contributed by atoms with Gasteiger partial charge in [0.05, 0.1) is 24.6 Å². The van der Waals surface area contributed by atoms with Crippen LogP contribution >= 0.6 is 0 Å². The monoisotopic (exact) mass is 392 g/mol. The van der Waals surface area contributed by atoms with Crippen molar-refractivity contribution >= 4 is 16.9 Å². The Morgan fingerprint density at radius 1 is 1.10 bits per heavy atom. The van der Waals surface area contributed by atoms with E-state index in [-0.39, 0.29) is 17.2 Å². The first-order valence-electron chi connectivity index (χ1n) is 9.81. The summed E-state index contributed by atoms with van der Waals surface area (Å²) in [5.74, 6) is -0.364. The first-order chi connectivity index (χ1) is 14.1. The normalized spacial score (nSPS) is 15.9. The minimum Gasteiger partial charge on any atom is -0.451 e. The highest BCUT2D eigenvalue weighted by molar-refractivity contribution is 5.93. The molecule has 0 bridgehead atoms. The van der Waals surface area contributed by atoms with Crippen molar-refractivity contribution in [2.24, 2.45) is 0 Å². The van der Waals surface area contributed by atoms with Gasteiger partial charge in [0.15, 0.2) is 11.2 Å². The second-order valence-electron chi connectivity index (χ2n) is 7.26. The van der Waals surface area contributed by atoms with E-state index in [9.17, 15) is 9.59 Å². The summed E-state index contributed by atoms with van der Waals surface area (Å²) < 4.78 is 11.1. The van der Waals surface area contributed by atoms with Crippen LogP contribution in [0.5, 0.6) is 0 Å². The van der Waals surface area contributed by atoms with Gasteiger partial charge in [-0.3, -0.25) is 14.5 Å². The zero-order valence-corrected chi connectivity index (χ0v) is 16.4. The smallest absolute Gasteiger partial charge is 0.287 e. The van der Waals surface area contributed by atoms with Crippen LogP contribution in [0.15, 0.2) is 63.8 Å². The average molecular weight is 392 g/mol. The lowest BCUT2D eigenvalue weighted by molar-refractivity contribution is 0.0161. The van der Waals surface area contributed by atoms with E-state index in [2.05, 4.69) is 41.4 Å². The van der Waals surface area contributed by atoms with Crippen LogP contribution in [-0.2, 0) is 4.74 Å². The number of benzene rings is 2. The molecule has 1 N–H and O–H groups in total. The molecule has 150 valence electrons. The minimum atomic E-state index is -0.391. The second kappa shape index (κ2) is 8.59. The molecule has 1 amide bonds. The van der Waals surface area contributed by atoms with Crippen LogP contribution in [0.4, 0.5) is 0 Å². The van der Waals surface area contributed by atoms with E-state index >= 15 is 0 Å². The van der Waals surface area contributed by atoms with E-state index in [1.54, 1.807) is 24.3 Å². The summed E-state index contributed by atoms with van der Waals surface area (Å²) in [5, 5.41) is 3.41.